The molecule has 0 aliphatic carbocycles. The monoisotopic (exact) mass is 401 g/mol. The summed E-state index contributed by atoms with van der Waals surface area (Å²) in [5.41, 5.74) is 2.67. The maximum atomic E-state index is 13.0. The van der Waals surface area contributed by atoms with Crippen LogP contribution < -0.4 is 19.3 Å². The van der Waals surface area contributed by atoms with Gasteiger partial charge in [-0.3, -0.25) is 4.79 Å². The summed E-state index contributed by atoms with van der Waals surface area (Å²) >= 11 is 0. The van der Waals surface area contributed by atoms with Crippen LogP contribution in [0.15, 0.2) is 66.9 Å². The highest BCUT2D eigenvalue weighted by atomic mass is 16.7. The van der Waals surface area contributed by atoms with Crippen LogP contribution in [0.25, 0.3) is 0 Å². The molecule has 1 aromatic heterocycles. The molecule has 6 heteroatoms. The maximum absolute atomic E-state index is 13.0. The number of hydrogen-bond acceptors (Lipinski definition) is 5. The van der Waals surface area contributed by atoms with Gasteiger partial charge in [0.2, 0.25) is 6.79 Å². The fourth-order valence-corrected chi connectivity index (χ4v) is 4.18. The van der Waals surface area contributed by atoms with Crippen molar-refractivity contribution >= 4 is 17.4 Å². The Bertz CT molecular complexity index is 1070. The van der Waals surface area contributed by atoms with Gasteiger partial charge in [-0.15, -0.1) is 0 Å². The van der Waals surface area contributed by atoms with Crippen LogP contribution in [0.5, 0.6) is 11.5 Å². The predicted octanol–water partition coefficient (Wildman–Crippen LogP) is 4.43. The number of amides is 1. The molecule has 2 aliphatic rings. The molecule has 30 heavy (non-hydrogen) atoms. The minimum absolute atomic E-state index is 0.0522. The number of aromatic nitrogens is 1. The van der Waals surface area contributed by atoms with Crippen LogP contribution in [0.4, 0.5) is 11.5 Å². The van der Waals surface area contributed by atoms with Gasteiger partial charge in [-0.05, 0) is 54.8 Å². The molecule has 0 N–H and O–H groups in total. The van der Waals surface area contributed by atoms with Crippen molar-refractivity contribution in [3.05, 3.63) is 78.0 Å². The van der Waals surface area contributed by atoms with E-state index in [2.05, 4.69) is 22.0 Å². The van der Waals surface area contributed by atoms with E-state index < -0.39 is 0 Å². The Labute approximate surface area is 175 Å². The first kappa shape index (κ1) is 18.5. The van der Waals surface area contributed by atoms with Crippen molar-refractivity contribution in [3.8, 4) is 11.5 Å². The van der Waals surface area contributed by atoms with Gasteiger partial charge in [-0.2, -0.15) is 0 Å². The van der Waals surface area contributed by atoms with Crippen LogP contribution in [-0.2, 0) is 0 Å². The lowest BCUT2D eigenvalue weighted by atomic mass is 10.0. The molecule has 3 aromatic rings. The Morgan fingerprint density at radius 3 is 2.77 bits per heavy atom. The first-order valence-electron chi connectivity index (χ1n) is 10.2. The fourth-order valence-electron chi connectivity index (χ4n) is 4.18. The third-order valence-electron chi connectivity index (χ3n) is 5.77. The first-order chi connectivity index (χ1) is 14.7. The van der Waals surface area contributed by atoms with E-state index in [1.165, 1.54) is 5.56 Å². The topological polar surface area (TPSA) is 54.9 Å². The van der Waals surface area contributed by atoms with Crippen LogP contribution in [0.3, 0.4) is 0 Å². The molecular weight excluding hydrogens is 378 g/mol. The minimum Gasteiger partial charge on any atom is -0.454 e. The Morgan fingerprint density at radius 1 is 1.07 bits per heavy atom. The number of carbonyl (C=O) groups is 1. The number of carbonyl (C=O) groups excluding carboxylic acids is 1. The lowest BCUT2D eigenvalue weighted by molar-refractivity contribution is 0.0993. The molecule has 0 spiro atoms. The smallest absolute Gasteiger partial charge is 0.258 e. The normalized spacial score (nSPS) is 17.2. The van der Waals surface area contributed by atoms with Gasteiger partial charge in [-0.1, -0.05) is 24.3 Å². The van der Waals surface area contributed by atoms with Crippen LogP contribution in [0, 0.1) is 0 Å². The van der Waals surface area contributed by atoms with Crippen LogP contribution >= 0.6 is 0 Å². The minimum atomic E-state index is -0.0522. The highest BCUT2D eigenvalue weighted by molar-refractivity contribution is 6.06. The predicted molar refractivity (Wildman–Crippen MR) is 115 cm³/mol. The van der Waals surface area contributed by atoms with E-state index in [4.69, 9.17) is 9.47 Å². The van der Waals surface area contributed by atoms with Crippen LogP contribution in [0.1, 0.15) is 34.8 Å². The molecule has 6 nitrogen and oxygen atoms in total. The van der Waals surface area contributed by atoms with E-state index >= 15 is 0 Å². The first-order valence-corrected chi connectivity index (χ1v) is 10.2. The lowest BCUT2D eigenvalue weighted by Crippen LogP contribution is -2.27. The molecule has 3 heterocycles. The molecule has 2 aliphatic heterocycles. The average Bonchev–Trinajstić information content (AvgIpc) is 3.48. The van der Waals surface area contributed by atoms with Crippen molar-refractivity contribution in [1.82, 2.24) is 4.98 Å². The van der Waals surface area contributed by atoms with Gasteiger partial charge >= 0.3 is 0 Å². The number of anilines is 2. The van der Waals surface area contributed by atoms with Crippen LogP contribution in [0.2, 0.25) is 0 Å². The van der Waals surface area contributed by atoms with Gasteiger partial charge < -0.3 is 19.3 Å². The molecule has 0 unspecified atom stereocenters. The molecule has 1 atom stereocenters. The van der Waals surface area contributed by atoms with Crippen molar-refractivity contribution in [2.75, 3.05) is 30.2 Å². The summed E-state index contributed by atoms with van der Waals surface area (Å²) in [6, 6.07) is 19.6. The molecule has 1 saturated heterocycles. The second kappa shape index (κ2) is 7.71. The Hall–Kier alpha value is -3.54. The van der Waals surface area contributed by atoms with Crippen LogP contribution in [-0.4, -0.2) is 31.3 Å². The average molecular weight is 401 g/mol. The number of benzene rings is 2. The van der Waals surface area contributed by atoms with Crippen molar-refractivity contribution < 1.29 is 14.3 Å². The second-order valence-corrected chi connectivity index (χ2v) is 7.57. The van der Waals surface area contributed by atoms with E-state index in [1.807, 2.05) is 42.5 Å². The van der Waals surface area contributed by atoms with Gasteiger partial charge in [0.15, 0.2) is 11.5 Å². The van der Waals surface area contributed by atoms with E-state index in [0.29, 0.717) is 5.56 Å². The molecule has 0 radical (unpaired) electrons. The molecule has 5 rings (SSSR count). The van der Waals surface area contributed by atoms with Gasteiger partial charge in [0.05, 0.1) is 6.04 Å². The summed E-state index contributed by atoms with van der Waals surface area (Å²) in [5.74, 6) is 2.35. The zero-order chi connectivity index (χ0) is 20.5. The van der Waals surface area contributed by atoms with Gasteiger partial charge in [-0.25, -0.2) is 4.98 Å². The highest BCUT2D eigenvalue weighted by Gasteiger charge is 2.29. The van der Waals surface area contributed by atoms with E-state index in [-0.39, 0.29) is 18.7 Å². The Balaban J connectivity index is 1.41. The molecule has 1 amide bonds. The molecule has 2 aromatic carbocycles. The van der Waals surface area contributed by atoms with Crippen molar-refractivity contribution in [3.63, 3.8) is 0 Å². The summed E-state index contributed by atoms with van der Waals surface area (Å²) in [6.45, 7) is 1.17. The third kappa shape index (κ3) is 3.34. The maximum Gasteiger partial charge on any atom is 0.258 e. The molecule has 0 saturated carbocycles. The number of hydrogen-bond donors (Lipinski definition) is 0. The van der Waals surface area contributed by atoms with E-state index in [0.717, 1.165) is 42.4 Å². The largest absolute Gasteiger partial charge is 0.454 e. The summed E-state index contributed by atoms with van der Waals surface area (Å²) in [7, 11) is 1.79. The molecule has 152 valence electrons. The number of fused-ring (bicyclic) bond motifs is 1. The van der Waals surface area contributed by atoms with Gasteiger partial charge in [0.1, 0.15) is 5.82 Å². The number of para-hydroxylation sites is 1. The third-order valence-corrected chi connectivity index (χ3v) is 5.77. The zero-order valence-electron chi connectivity index (χ0n) is 16.8. The molecular formula is C24H23N3O3. The quantitative estimate of drug-likeness (QED) is 0.647. The van der Waals surface area contributed by atoms with E-state index in [1.54, 1.807) is 24.2 Å². The van der Waals surface area contributed by atoms with Crippen molar-refractivity contribution in [2.45, 2.75) is 18.9 Å². The SMILES string of the molecule is CN(C(=O)c1ccnc(N2CCC[C@@H]2c2ccc3c(c2)OCO3)c1)c1ccccc1. The van der Waals surface area contributed by atoms with Crippen molar-refractivity contribution in [1.29, 1.82) is 0 Å². The Kier molecular flexibility index (Phi) is 4.75. The summed E-state index contributed by atoms with van der Waals surface area (Å²) in [5, 5.41) is 0. The van der Waals surface area contributed by atoms with Gasteiger partial charge in [0.25, 0.3) is 5.91 Å². The number of rotatable bonds is 4. The summed E-state index contributed by atoms with van der Waals surface area (Å²) < 4.78 is 11.0. The highest BCUT2D eigenvalue weighted by Crippen LogP contribution is 2.40. The standard InChI is InChI=1S/C24H23N3O3/c1-26(19-6-3-2-4-7-19)24(28)18-11-12-25-23(15-18)27-13-5-8-20(27)17-9-10-21-22(14-17)30-16-29-21/h2-4,6-7,9-12,14-15,20H,5,8,13,16H2,1H3/t20-/m1/s1. The molecule has 1 fully saturated rings. The lowest BCUT2D eigenvalue weighted by Gasteiger charge is -2.27. The van der Waals surface area contributed by atoms with E-state index in [9.17, 15) is 4.79 Å². The molecule has 0 bridgehead atoms. The zero-order valence-corrected chi connectivity index (χ0v) is 16.8. The summed E-state index contributed by atoms with van der Waals surface area (Å²) in [4.78, 5) is 21.6. The summed E-state index contributed by atoms with van der Waals surface area (Å²) in [6.07, 6.45) is 3.82. The fraction of sp³-hybridized carbons (Fsp3) is 0.250. The number of pyridine rings is 1. The van der Waals surface area contributed by atoms with Crippen molar-refractivity contribution in [2.24, 2.45) is 0 Å². The Morgan fingerprint density at radius 2 is 1.90 bits per heavy atom. The second-order valence-electron chi connectivity index (χ2n) is 7.57. The van der Waals surface area contributed by atoms with Gasteiger partial charge in [0, 0.05) is 31.0 Å². The number of nitrogens with zero attached hydrogens (tertiary/aromatic N) is 3. The number of ether oxygens (including phenoxy) is 2.